The molecule has 1 saturated carbocycles. The summed E-state index contributed by atoms with van der Waals surface area (Å²) < 4.78 is 38.3. The van der Waals surface area contributed by atoms with Crippen molar-refractivity contribution in [3.8, 4) is 0 Å². The SMILES string of the molecule is CC(CC(=O)O)NC(=O)C1(c2cccc(C(F)(F)F)c2)CC1. The van der Waals surface area contributed by atoms with Gasteiger partial charge in [0.1, 0.15) is 0 Å². The molecule has 22 heavy (non-hydrogen) atoms. The van der Waals surface area contributed by atoms with Crippen molar-refractivity contribution < 1.29 is 27.9 Å². The van der Waals surface area contributed by atoms with Crippen molar-refractivity contribution in [1.82, 2.24) is 5.32 Å². The third-order valence-corrected chi connectivity index (χ3v) is 3.79. The van der Waals surface area contributed by atoms with E-state index in [1.165, 1.54) is 12.1 Å². The van der Waals surface area contributed by atoms with Crippen molar-refractivity contribution >= 4 is 11.9 Å². The van der Waals surface area contributed by atoms with E-state index in [0.29, 0.717) is 18.4 Å². The number of carboxylic acids is 1. The molecule has 0 spiro atoms. The lowest BCUT2D eigenvalue weighted by Crippen LogP contribution is -2.41. The Hall–Kier alpha value is -2.05. The van der Waals surface area contributed by atoms with E-state index in [-0.39, 0.29) is 6.42 Å². The molecule has 0 aromatic heterocycles. The number of carbonyl (C=O) groups is 2. The van der Waals surface area contributed by atoms with Gasteiger partial charge in [0.25, 0.3) is 0 Å². The number of alkyl halides is 3. The number of hydrogen-bond donors (Lipinski definition) is 2. The predicted octanol–water partition coefficient (Wildman–Crippen LogP) is 2.72. The van der Waals surface area contributed by atoms with Gasteiger partial charge in [0.2, 0.25) is 5.91 Å². The van der Waals surface area contributed by atoms with Gasteiger partial charge >= 0.3 is 12.1 Å². The first-order chi connectivity index (χ1) is 10.1. The standard InChI is InChI=1S/C15H16F3NO3/c1-9(7-12(20)21)19-13(22)14(5-6-14)10-3-2-4-11(8-10)15(16,17)18/h2-4,8-9H,5-7H2,1H3,(H,19,22)(H,20,21). The minimum Gasteiger partial charge on any atom is -0.481 e. The molecule has 1 amide bonds. The van der Waals surface area contributed by atoms with Crippen molar-refractivity contribution in [2.75, 3.05) is 0 Å². The Morgan fingerprint density at radius 3 is 2.50 bits per heavy atom. The minimum absolute atomic E-state index is 0.232. The molecule has 1 aliphatic carbocycles. The average molecular weight is 315 g/mol. The van der Waals surface area contributed by atoms with Crippen molar-refractivity contribution in [2.45, 2.75) is 43.8 Å². The van der Waals surface area contributed by atoms with Gasteiger partial charge in [-0.25, -0.2) is 0 Å². The number of rotatable bonds is 5. The van der Waals surface area contributed by atoms with Gasteiger partial charge in [-0.05, 0) is 31.4 Å². The molecule has 1 aromatic rings. The number of amides is 1. The number of carbonyl (C=O) groups excluding carboxylic acids is 1. The van der Waals surface area contributed by atoms with Crippen LogP contribution in [-0.2, 0) is 21.2 Å². The second-order valence-electron chi connectivity index (χ2n) is 5.63. The largest absolute Gasteiger partial charge is 0.481 e. The Morgan fingerprint density at radius 2 is 2.00 bits per heavy atom. The van der Waals surface area contributed by atoms with E-state index in [2.05, 4.69) is 5.32 Å². The molecular formula is C15H16F3NO3. The summed E-state index contributed by atoms with van der Waals surface area (Å²) in [6.07, 6.45) is -3.77. The molecule has 0 radical (unpaired) electrons. The third-order valence-electron chi connectivity index (χ3n) is 3.79. The summed E-state index contributed by atoms with van der Waals surface area (Å²) in [6.45, 7) is 1.55. The number of benzene rings is 1. The zero-order valence-electron chi connectivity index (χ0n) is 11.9. The van der Waals surface area contributed by atoms with Gasteiger partial charge in [0.15, 0.2) is 0 Å². The molecule has 4 nitrogen and oxygen atoms in total. The molecule has 0 heterocycles. The van der Waals surface area contributed by atoms with Crippen LogP contribution in [0.25, 0.3) is 0 Å². The Balaban J connectivity index is 2.17. The van der Waals surface area contributed by atoms with E-state index in [1.807, 2.05) is 0 Å². The predicted molar refractivity (Wildman–Crippen MR) is 72.2 cm³/mol. The summed E-state index contributed by atoms with van der Waals surface area (Å²) in [6, 6.07) is 4.17. The molecule has 1 unspecified atom stereocenters. The fraction of sp³-hybridized carbons (Fsp3) is 0.467. The second kappa shape index (κ2) is 5.62. The lowest BCUT2D eigenvalue weighted by Gasteiger charge is -2.20. The van der Waals surface area contributed by atoms with Gasteiger partial charge in [0, 0.05) is 6.04 Å². The summed E-state index contributed by atoms with van der Waals surface area (Å²) in [5, 5.41) is 11.3. The maximum absolute atomic E-state index is 12.8. The fourth-order valence-corrected chi connectivity index (χ4v) is 2.44. The molecule has 1 fully saturated rings. The van der Waals surface area contributed by atoms with Gasteiger partial charge in [-0.2, -0.15) is 13.2 Å². The normalized spacial score (nSPS) is 17.6. The van der Waals surface area contributed by atoms with Crippen LogP contribution < -0.4 is 5.32 Å². The maximum Gasteiger partial charge on any atom is 0.416 e. The number of halogens is 3. The molecule has 0 bridgehead atoms. The van der Waals surface area contributed by atoms with E-state index >= 15 is 0 Å². The lowest BCUT2D eigenvalue weighted by atomic mass is 9.93. The first kappa shape index (κ1) is 16.3. The van der Waals surface area contributed by atoms with Gasteiger partial charge in [0.05, 0.1) is 17.4 Å². The highest BCUT2D eigenvalue weighted by molar-refractivity contribution is 5.91. The van der Waals surface area contributed by atoms with E-state index < -0.39 is 35.1 Å². The summed E-state index contributed by atoms with van der Waals surface area (Å²) in [5.74, 6) is -1.46. The molecular weight excluding hydrogens is 299 g/mol. The molecule has 120 valence electrons. The van der Waals surface area contributed by atoms with Crippen molar-refractivity contribution in [3.05, 3.63) is 35.4 Å². The average Bonchev–Trinajstić information content (AvgIpc) is 3.18. The van der Waals surface area contributed by atoms with Crippen LogP contribution in [-0.4, -0.2) is 23.0 Å². The molecule has 2 rings (SSSR count). The van der Waals surface area contributed by atoms with Crippen molar-refractivity contribution in [1.29, 1.82) is 0 Å². The van der Waals surface area contributed by atoms with Crippen LogP contribution in [0.5, 0.6) is 0 Å². The highest BCUT2D eigenvalue weighted by Gasteiger charge is 2.52. The molecule has 0 aliphatic heterocycles. The van der Waals surface area contributed by atoms with Crippen molar-refractivity contribution in [3.63, 3.8) is 0 Å². The zero-order chi connectivity index (χ0) is 16.5. The summed E-state index contributed by atoms with van der Waals surface area (Å²) >= 11 is 0. The van der Waals surface area contributed by atoms with Crippen LogP contribution in [0.3, 0.4) is 0 Å². The first-order valence-electron chi connectivity index (χ1n) is 6.86. The molecule has 0 saturated heterocycles. The van der Waals surface area contributed by atoms with Crippen molar-refractivity contribution in [2.24, 2.45) is 0 Å². The summed E-state index contributed by atoms with van der Waals surface area (Å²) in [5.41, 5.74) is -1.43. The molecule has 7 heteroatoms. The highest BCUT2D eigenvalue weighted by atomic mass is 19.4. The van der Waals surface area contributed by atoms with Crippen LogP contribution in [0.4, 0.5) is 13.2 Å². The zero-order valence-corrected chi connectivity index (χ0v) is 11.9. The number of carboxylic acid groups (broad SMARTS) is 1. The van der Waals surface area contributed by atoms with E-state index in [9.17, 15) is 22.8 Å². The van der Waals surface area contributed by atoms with E-state index in [0.717, 1.165) is 12.1 Å². The Kier molecular flexibility index (Phi) is 4.17. The maximum atomic E-state index is 12.8. The Bertz CT molecular complexity index is 594. The van der Waals surface area contributed by atoms with Gasteiger partial charge in [-0.15, -0.1) is 0 Å². The minimum atomic E-state index is -4.46. The molecule has 1 atom stereocenters. The Morgan fingerprint density at radius 1 is 1.36 bits per heavy atom. The van der Waals surface area contributed by atoms with Gasteiger partial charge in [-0.3, -0.25) is 9.59 Å². The van der Waals surface area contributed by atoms with Gasteiger partial charge in [-0.1, -0.05) is 18.2 Å². The van der Waals surface area contributed by atoms with Crippen LogP contribution in [0.15, 0.2) is 24.3 Å². The quantitative estimate of drug-likeness (QED) is 0.878. The number of aliphatic carboxylic acids is 1. The topological polar surface area (TPSA) is 66.4 Å². The third kappa shape index (κ3) is 3.40. The van der Waals surface area contributed by atoms with Crippen LogP contribution in [0.2, 0.25) is 0 Å². The number of hydrogen-bond acceptors (Lipinski definition) is 2. The van der Waals surface area contributed by atoms with Gasteiger partial charge < -0.3 is 10.4 Å². The van der Waals surface area contributed by atoms with Crippen LogP contribution >= 0.6 is 0 Å². The fourth-order valence-electron chi connectivity index (χ4n) is 2.44. The second-order valence-corrected chi connectivity index (χ2v) is 5.63. The molecule has 1 aliphatic rings. The first-order valence-corrected chi connectivity index (χ1v) is 6.86. The monoisotopic (exact) mass is 315 g/mol. The van der Waals surface area contributed by atoms with Crippen LogP contribution in [0.1, 0.15) is 37.3 Å². The lowest BCUT2D eigenvalue weighted by molar-refractivity contribution is -0.139. The summed E-state index contributed by atoms with van der Waals surface area (Å²) in [4.78, 5) is 22.9. The van der Waals surface area contributed by atoms with Crippen LogP contribution in [0, 0.1) is 0 Å². The highest BCUT2D eigenvalue weighted by Crippen LogP contribution is 2.49. The summed E-state index contributed by atoms with van der Waals surface area (Å²) in [7, 11) is 0. The number of nitrogens with one attached hydrogen (secondary N) is 1. The Labute approximate surface area is 125 Å². The molecule has 1 aromatic carbocycles. The molecule has 2 N–H and O–H groups in total. The smallest absolute Gasteiger partial charge is 0.416 e. The van der Waals surface area contributed by atoms with E-state index in [1.54, 1.807) is 6.92 Å². The van der Waals surface area contributed by atoms with E-state index in [4.69, 9.17) is 5.11 Å².